The van der Waals surface area contributed by atoms with Crippen molar-refractivity contribution in [3.8, 4) is 0 Å². The van der Waals surface area contributed by atoms with Crippen LogP contribution in [0.3, 0.4) is 0 Å². The summed E-state index contributed by atoms with van der Waals surface area (Å²) in [6.07, 6.45) is -0.412. The molecule has 0 aliphatic heterocycles. The zero-order valence-electron chi connectivity index (χ0n) is 13.0. The number of hydrogen-bond acceptors (Lipinski definition) is 4. The van der Waals surface area contributed by atoms with Crippen molar-refractivity contribution in [2.24, 2.45) is 5.92 Å². The molecule has 0 saturated heterocycles. The first-order chi connectivity index (χ1) is 10.2. The van der Waals surface area contributed by atoms with E-state index in [9.17, 15) is 13.2 Å². The maximum atomic E-state index is 12.2. The van der Waals surface area contributed by atoms with Crippen molar-refractivity contribution in [1.82, 2.24) is 4.72 Å². The molecular weight excluding hydrogens is 306 g/mol. The van der Waals surface area contributed by atoms with E-state index in [0.29, 0.717) is 0 Å². The van der Waals surface area contributed by atoms with E-state index >= 15 is 0 Å². The third kappa shape index (κ3) is 6.13. The van der Waals surface area contributed by atoms with Gasteiger partial charge in [0.25, 0.3) is 0 Å². The molecule has 2 atom stereocenters. The molecule has 0 fully saturated rings. The predicted molar refractivity (Wildman–Crippen MR) is 84.0 cm³/mol. The highest BCUT2D eigenvalue weighted by atomic mass is 32.2. The van der Waals surface area contributed by atoms with Gasteiger partial charge in [-0.1, -0.05) is 44.2 Å². The van der Waals surface area contributed by atoms with Gasteiger partial charge in [0.05, 0.1) is 11.9 Å². The predicted octanol–water partition coefficient (Wildman–Crippen LogP) is 1.79. The monoisotopic (exact) mass is 329 g/mol. The van der Waals surface area contributed by atoms with Crippen molar-refractivity contribution in [3.05, 3.63) is 35.9 Å². The molecule has 0 amide bonds. The summed E-state index contributed by atoms with van der Waals surface area (Å²) in [6.45, 7) is 3.68. The first kappa shape index (κ1) is 18.6. The lowest BCUT2D eigenvalue weighted by molar-refractivity contribution is -0.139. The molecule has 7 heteroatoms. The SMILES string of the molecule is COC(CS(=O)(=O)N[C@@H](CC(C)C)C(=O)O)c1ccccc1. The van der Waals surface area contributed by atoms with Gasteiger partial charge in [-0.25, -0.2) is 13.1 Å². The maximum absolute atomic E-state index is 12.2. The highest BCUT2D eigenvalue weighted by molar-refractivity contribution is 7.89. The molecule has 0 aliphatic carbocycles. The molecule has 22 heavy (non-hydrogen) atoms. The fraction of sp³-hybridized carbons (Fsp3) is 0.533. The number of rotatable bonds is 9. The summed E-state index contributed by atoms with van der Waals surface area (Å²) in [5.41, 5.74) is 0.728. The maximum Gasteiger partial charge on any atom is 0.321 e. The molecule has 124 valence electrons. The zero-order valence-corrected chi connectivity index (χ0v) is 13.8. The van der Waals surface area contributed by atoms with Crippen LogP contribution < -0.4 is 4.72 Å². The van der Waals surface area contributed by atoms with Gasteiger partial charge >= 0.3 is 5.97 Å². The normalized spacial score (nSPS) is 14.7. The first-order valence-corrected chi connectivity index (χ1v) is 8.71. The number of ether oxygens (including phenoxy) is 1. The van der Waals surface area contributed by atoms with Crippen LogP contribution in [0.5, 0.6) is 0 Å². The average molecular weight is 329 g/mol. The largest absolute Gasteiger partial charge is 0.480 e. The van der Waals surface area contributed by atoms with E-state index in [-0.39, 0.29) is 18.1 Å². The van der Waals surface area contributed by atoms with Crippen LogP contribution in [0.1, 0.15) is 31.9 Å². The van der Waals surface area contributed by atoms with Crippen molar-refractivity contribution in [2.75, 3.05) is 12.9 Å². The minimum absolute atomic E-state index is 0.0659. The second-order valence-corrected chi connectivity index (χ2v) is 7.35. The summed E-state index contributed by atoms with van der Waals surface area (Å²) in [6, 6.07) is 7.82. The lowest BCUT2D eigenvalue weighted by atomic mass is 10.1. The quantitative estimate of drug-likeness (QED) is 0.720. The number of sulfonamides is 1. The first-order valence-electron chi connectivity index (χ1n) is 7.05. The van der Waals surface area contributed by atoms with Gasteiger partial charge in [0.2, 0.25) is 10.0 Å². The number of aliphatic carboxylic acids is 1. The Hall–Kier alpha value is -1.44. The molecule has 0 aliphatic rings. The van der Waals surface area contributed by atoms with Crippen molar-refractivity contribution in [3.63, 3.8) is 0 Å². The molecule has 1 unspecified atom stereocenters. The number of methoxy groups -OCH3 is 1. The van der Waals surface area contributed by atoms with E-state index in [1.807, 2.05) is 19.9 Å². The molecule has 1 aromatic carbocycles. The third-order valence-electron chi connectivity index (χ3n) is 3.15. The van der Waals surface area contributed by atoms with Crippen molar-refractivity contribution in [2.45, 2.75) is 32.4 Å². The molecule has 0 bridgehead atoms. The van der Waals surface area contributed by atoms with E-state index in [1.165, 1.54) is 7.11 Å². The summed E-state index contributed by atoms with van der Waals surface area (Å²) in [4.78, 5) is 11.2. The molecule has 0 saturated carbocycles. The van der Waals surface area contributed by atoms with Crippen molar-refractivity contribution >= 4 is 16.0 Å². The lowest BCUT2D eigenvalue weighted by Crippen LogP contribution is -2.43. The van der Waals surface area contributed by atoms with Crippen LogP contribution in [0.4, 0.5) is 0 Å². The molecule has 2 N–H and O–H groups in total. The molecule has 0 spiro atoms. The molecule has 0 heterocycles. The fourth-order valence-corrected chi connectivity index (χ4v) is 3.56. The number of carbonyl (C=O) groups is 1. The van der Waals surface area contributed by atoms with Gasteiger partial charge < -0.3 is 9.84 Å². The van der Waals surface area contributed by atoms with E-state index in [0.717, 1.165) is 5.56 Å². The van der Waals surface area contributed by atoms with Gasteiger partial charge in [-0.05, 0) is 17.9 Å². The van der Waals surface area contributed by atoms with Gasteiger partial charge in [-0.3, -0.25) is 4.79 Å². The summed E-state index contributed by atoms with van der Waals surface area (Å²) in [5, 5.41) is 9.14. The Morgan fingerprint density at radius 1 is 1.27 bits per heavy atom. The number of nitrogens with one attached hydrogen (secondary N) is 1. The average Bonchev–Trinajstić information content (AvgIpc) is 2.44. The van der Waals surface area contributed by atoms with Gasteiger partial charge in [-0.2, -0.15) is 0 Å². The van der Waals surface area contributed by atoms with Crippen LogP contribution in [0, 0.1) is 5.92 Å². The molecule has 0 aromatic heterocycles. The molecular formula is C15H23NO5S. The van der Waals surface area contributed by atoms with Crippen molar-refractivity contribution in [1.29, 1.82) is 0 Å². The molecule has 1 rings (SSSR count). The summed E-state index contributed by atoms with van der Waals surface area (Å²) in [5.74, 6) is -1.43. The summed E-state index contributed by atoms with van der Waals surface area (Å²) in [7, 11) is -2.36. The van der Waals surface area contributed by atoms with Crippen LogP contribution in [-0.2, 0) is 19.6 Å². The Kier molecular flexibility index (Phi) is 6.99. The van der Waals surface area contributed by atoms with Crippen LogP contribution in [0.15, 0.2) is 30.3 Å². The number of benzene rings is 1. The second-order valence-electron chi connectivity index (χ2n) is 5.55. The van der Waals surface area contributed by atoms with Gasteiger partial charge in [0.1, 0.15) is 6.04 Å². The van der Waals surface area contributed by atoms with Crippen LogP contribution in [-0.4, -0.2) is 38.4 Å². The standard InChI is InChI=1S/C15H23NO5S/c1-11(2)9-13(15(17)18)16-22(19,20)10-14(21-3)12-7-5-4-6-8-12/h4-8,11,13-14,16H,9-10H2,1-3H3,(H,17,18)/t13-,14?/m0/s1. The van der Waals surface area contributed by atoms with Crippen molar-refractivity contribution < 1.29 is 23.1 Å². The van der Waals surface area contributed by atoms with E-state index < -0.39 is 28.1 Å². The Morgan fingerprint density at radius 2 is 1.86 bits per heavy atom. The smallest absolute Gasteiger partial charge is 0.321 e. The summed E-state index contributed by atoms with van der Waals surface area (Å²) >= 11 is 0. The van der Waals surface area contributed by atoms with Crippen LogP contribution >= 0.6 is 0 Å². The Morgan fingerprint density at radius 3 is 2.32 bits per heavy atom. The zero-order chi connectivity index (χ0) is 16.8. The number of carboxylic acids is 1. The number of hydrogen-bond donors (Lipinski definition) is 2. The Bertz CT molecular complexity index is 571. The van der Waals surface area contributed by atoms with Gasteiger partial charge in [-0.15, -0.1) is 0 Å². The minimum atomic E-state index is -3.79. The Labute approximate surface area is 131 Å². The highest BCUT2D eigenvalue weighted by Crippen LogP contribution is 2.18. The van der Waals surface area contributed by atoms with Gasteiger partial charge in [0.15, 0.2) is 0 Å². The highest BCUT2D eigenvalue weighted by Gasteiger charge is 2.27. The Balaban J connectivity index is 2.82. The fourth-order valence-electron chi connectivity index (χ4n) is 2.10. The third-order valence-corrected chi connectivity index (χ3v) is 4.54. The van der Waals surface area contributed by atoms with Crippen LogP contribution in [0.25, 0.3) is 0 Å². The van der Waals surface area contributed by atoms with E-state index in [4.69, 9.17) is 9.84 Å². The lowest BCUT2D eigenvalue weighted by Gasteiger charge is -2.20. The minimum Gasteiger partial charge on any atom is -0.480 e. The second kappa shape index (κ2) is 8.26. The molecule has 6 nitrogen and oxygen atoms in total. The van der Waals surface area contributed by atoms with Crippen LogP contribution in [0.2, 0.25) is 0 Å². The number of carboxylic acid groups (broad SMARTS) is 1. The molecule has 0 radical (unpaired) electrons. The molecule has 1 aromatic rings. The summed E-state index contributed by atoms with van der Waals surface area (Å²) < 4.78 is 31.9. The van der Waals surface area contributed by atoms with E-state index in [2.05, 4.69) is 4.72 Å². The topological polar surface area (TPSA) is 92.7 Å². The van der Waals surface area contributed by atoms with Gasteiger partial charge in [0, 0.05) is 7.11 Å². The van der Waals surface area contributed by atoms with E-state index in [1.54, 1.807) is 24.3 Å².